The van der Waals surface area contributed by atoms with Crippen LogP contribution < -0.4 is 40.2 Å². The van der Waals surface area contributed by atoms with E-state index in [0.29, 0.717) is 12.8 Å². The standard InChI is InChI=1S/C38H74NO10P.Na/c1-3-5-7-9-11-13-15-17-19-21-23-25-27-29-36(40)46-31-34(32-47-50(44,45)48-33-35(39)38(42)43)49-37(41)30-28-26-24-22-20-18-16-14-12-10-8-6-4-2;/h34-35H,3-33,39H2,1-2H3,(H,42,43)(H,44,45);/q;+1/p-1/t34?,35-;/m1./s1. The van der Waals surface area contributed by atoms with Crippen LogP contribution in [0, 0.1) is 0 Å². The van der Waals surface area contributed by atoms with Gasteiger partial charge < -0.3 is 34.3 Å². The van der Waals surface area contributed by atoms with Crippen LogP contribution in [0.3, 0.4) is 0 Å². The zero-order valence-electron chi connectivity index (χ0n) is 32.7. The quantitative estimate of drug-likeness (QED) is 0.0312. The number of carboxylic acids is 1. The second kappa shape index (κ2) is 37.8. The van der Waals surface area contributed by atoms with Crippen molar-refractivity contribution in [3.8, 4) is 0 Å². The minimum atomic E-state index is -4.95. The van der Waals surface area contributed by atoms with Crippen LogP contribution in [0.25, 0.3) is 0 Å². The van der Waals surface area contributed by atoms with Gasteiger partial charge in [0.15, 0.2) is 6.10 Å². The first-order valence-corrected chi connectivity index (χ1v) is 21.5. The van der Waals surface area contributed by atoms with E-state index in [9.17, 15) is 23.8 Å². The first-order valence-electron chi connectivity index (χ1n) is 20.0. The summed E-state index contributed by atoms with van der Waals surface area (Å²) in [4.78, 5) is 47.9. The number of carbonyl (C=O) groups is 3. The van der Waals surface area contributed by atoms with E-state index >= 15 is 0 Å². The molecule has 0 saturated heterocycles. The van der Waals surface area contributed by atoms with E-state index in [4.69, 9.17) is 24.8 Å². The molecular formula is C38H73NNaO10P. The van der Waals surface area contributed by atoms with Crippen molar-refractivity contribution in [3.63, 3.8) is 0 Å². The Morgan fingerprint density at radius 1 is 0.569 bits per heavy atom. The third-order valence-electron chi connectivity index (χ3n) is 8.85. The minimum absolute atomic E-state index is 0. The predicted octanol–water partition coefficient (Wildman–Crippen LogP) is 6.32. The number of carbonyl (C=O) groups excluding carboxylic acids is 2. The number of hydrogen-bond acceptors (Lipinski definition) is 10. The van der Waals surface area contributed by atoms with Crippen molar-refractivity contribution in [2.45, 2.75) is 206 Å². The number of ether oxygens (including phenoxy) is 2. The van der Waals surface area contributed by atoms with Crippen LogP contribution in [0.5, 0.6) is 0 Å². The number of aliphatic carboxylic acids is 1. The number of phosphoric acid groups is 1. The number of esters is 2. The minimum Gasteiger partial charge on any atom is -0.756 e. The normalized spacial score (nSPS) is 13.6. The van der Waals surface area contributed by atoms with Crippen molar-refractivity contribution in [2.75, 3.05) is 19.8 Å². The molecule has 0 aromatic heterocycles. The second-order valence-corrected chi connectivity index (χ2v) is 15.2. The molecule has 0 spiro atoms. The number of nitrogens with two attached hydrogens (primary N) is 1. The van der Waals surface area contributed by atoms with Crippen LogP contribution in [0.2, 0.25) is 0 Å². The Labute approximate surface area is 332 Å². The summed E-state index contributed by atoms with van der Waals surface area (Å²) < 4.78 is 32.2. The smallest absolute Gasteiger partial charge is 0.756 e. The molecule has 3 N–H and O–H groups in total. The van der Waals surface area contributed by atoms with Gasteiger partial charge in [-0.25, -0.2) is 0 Å². The van der Waals surface area contributed by atoms with Gasteiger partial charge >= 0.3 is 47.5 Å². The molecule has 0 bridgehead atoms. The molecule has 0 aromatic carbocycles. The van der Waals surface area contributed by atoms with Crippen molar-refractivity contribution >= 4 is 25.7 Å². The Bertz CT molecular complexity index is 882. The van der Waals surface area contributed by atoms with E-state index in [1.165, 1.54) is 116 Å². The molecule has 0 aliphatic heterocycles. The maximum absolute atomic E-state index is 12.5. The van der Waals surface area contributed by atoms with E-state index < -0.39 is 51.1 Å². The molecule has 0 amide bonds. The van der Waals surface area contributed by atoms with Crippen LogP contribution >= 0.6 is 7.82 Å². The summed E-state index contributed by atoms with van der Waals surface area (Å²) in [7, 11) is -4.95. The van der Waals surface area contributed by atoms with Crippen molar-refractivity contribution in [1.29, 1.82) is 0 Å². The first kappa shape index (κ1) is 52.6. The molecule has 0 heterocycles. The molecule has 2 unspecified atom stereocenters. The molecule has 0 saturated carbocycles. The Hall–Kier alpha value is -0.520. The van der Waals surface area contributed by atoms with Crippen molar-refractivity contribution < 1.29 is 77.0 Å². The van der Waals surface area contributed by atoms with Gasteiger partial charge in [0.2, 0.25) is 0 Å². The van der Waals surface area contributed by atoms with Crippen LogP contribution in [-0.4, -0.2) is 55.0 Å². The van der Waals surface area contributed by atoms with Crippen molar-refractivity contribution in [3.05, 3.63) is 0 Å². The van der Waals surface area contributed by atoms with Gasteiger partial charge in [0.25, 0.3) is 7.82 Å². The number of phosphoric ester groups is 1. The molecular weight excluding hydrogens is 684 g/mol. The van der Waals surface area contributed by atoms with Gasteiger partial charge in [0.1, 0.15) is 12.6 Å². The summed E-state index contributed by atoms with van der Waals surface area (Å²) >= 11 is 0. The molecule has 0 aromatic rings. The topological polar surface area (TPSA) is 175 Å². The van der Waals surface area contributed by atoms with Crippen molar-refractivity contribution in [2.24, 2.45) is 5.73 Å². The zero-order chi connectivity index (χ0) is 37.1. The van der Waals surface area contributed by atoms with Gasteiger partial charge in [0.05, 0.1) is 13.2 Å². The molecule has 13 heteroatoms. The molecule has 0 aliphatic rings. The van der Waals surface area contributed by atoms with Gasteiger partial charge in [-0.05, 0) is 12.8 Å². The van der Waals surface area contributed by atoms with Crippen LogP contribution in [0.1, 0.15) is 194 Å². The first-order chi connectivity index (χ1) is 24.1. The Morgan fingerprint density at radius 3 is 1.27 bits per heavy atom. The van der Waals surface area contributed by atoms with Gasteiger partial charge in [-0.2, -0.15) is 0 Å². The SMILES string of the molecule is CCCCCCCCCCCCCCCC(=O)OCC(COP(=O)([O-])OC[C@@H](N)C(=O)O)OC(=O)CCCCCCCCCCCCCCC.[Na+]. The summed E-state index contributed by atoms with van der Waals surface area (Å²) in [5.74, 6) is -2.43. The number of rotatable bonds is 38. The zero-order valence-corrected chi connectivity index (χ0v) is 35.6. The third-order valence-corrected chi connectivity index (χ3v) is 9.78. The Morgan fingerprint density at radius 2 is 0.902 bits per heavy atom. The molecule has 3 atom stereocenters. The largest absolute Gasteiger partial charge is 1.00 e. The van der Waals surface area contributed by atoms with E-state index in [1.54, 1.807) is 0 Å². The van der Waals surface area contributed by atoms with Crippen LogP contribution in [-0.2, 0) is 37.5 Å². The molecule has 0 fully saturated rings. The second-order valence-electron chi connectivity index (χ2n) is 13.8. The summed E-state index contributed by atoms with van der Waals surface area (Å²) in [6.07, 6.45) is 30.0. The average molecular weight is 758 g/mol. The van der Waals surface area contributed by atoms with E-state index in [2.05, 4.69) is 18.4 Å². The summed E-state index contributed by atoms with van der Waals surface area (Å²) in [5.41, 5.74) is 5.29. The number of unbranched alkanes of at least 4 members (excludes halogenated alkanes) is 24. The molecule has 11 nitrogen and oxygen atoms in total. The Kier molecular flexibility index (Phi) is 39.0. The van der Waals surface area contributed by atoms with Crippen LogP contribution in [0.4, 0.5) is 0 Å². The maximum atomic E-state index is 12.5. The van der Waals surface area contributed by atoms with Gasteiger partial charge in [0, 0.05) is 12.8 Å². The summed E-state index contributed by atoms with van der Waals surface area (Å²) in [6.45, 7) is 2.65. The number of carboxylic acid groups (broad SMARTS) is 1. The molecule has 0 radical (unpaired) electrons. The average Bonchev–Trinajstić information content (AvgIpc) is 3.09. The summed E-state index contributed by atoms with van der Waals surface area (Å²) in [6, 6.07) is -1.55. The number of hydrogen-bond donors (Lipinski definition) is 2. The fourth-order valence-corrected chi connectivity index (χ4v) is 6.41. The molecule has 0 aliphatic carbocycles. The predicted molar refractivity (Wildman–Crippen MR) is 197 cm³/mol. The molecule has 51 heavy (non-hydrogen) atoms. The van der Waals surface area contributed by atoms with E-state index in [0.717, 1.165) is 38.5 Å². The van der Waals surface area contributed by atoms with Crippen LogP contribution in [0.15, 0.2) is 0 Å². The molecule has 0 rings (SSSR count). The van der Waals surface area contributed by atoms with E-state index in [1.807, 2.05) is 0 Å². The Balaban J connectivity index is 0. The third kappa shape index (κ3) is 37.6. The monoisotopic (exact) mass is 757 g/mol. The van der Waals surface area contributed by atoms with Gasteiger partial charge in [-0.3, -0.25) is 18.9 Å². The van der Waals surface area contributed by atoms with Gasteiger partial charge in [-0.15, -0.1) is 0 Å². The van der Waals surface area contributed by atoms with Gasteiger partial charge in [-0.1, -0.05) is 168 Å². The summed E-state index contributed by atoms with van der Waals surface area (Å²) in [5, 5.41) is 8.84. The molecule has 296 valence electrons. The van der Waals surface area contributed by atoms with E-state index in [-0.39, 0.29) is 49.0 Å². The fraction of sp³-hybridized carbons (Fsp3) is 0.921. The maximum Gasteiger partial charge on any atom is 1.00 e. The van der Waals surface area contributed by atoms with Crippen molar-refractivity contribution in [1.82, 2.24) is 0 Å². The fourth-order valence-electron chi connectivity index (χ4n) is 5.65.